The molecule has 2 rings (SSSR count). The van der Waals surface area contributed by atoms with E-state index >= 15 is 0 Å². The van der Waals surface area contributed by atoms with Crippen LogP contribution in [0.5, 0.6) is 5.75 Å². The molecule has 8 heteroatoms. The molecule has 0 saturated carbocycles. The van der Waals surface area contributed by atoms with Gasteiger partial charge < -0.3 is 15.0 Å². The van der Waals surface area contributed by atoms with Crippen molar-refractivity contribution in [2.75, 3.05) is 19.5 Å². The summed E-state index contributed by atoms with van der Waals surface area (Å²) >= 11 is 3.39. The van der Waals surface area contributed by atoms with Crippen LogP contribution in [-0.4, -0.2) is 30.0 Å². The van der Waals surface area contributed by atoms with Crippen molar-refractivity contribution in [2.45, 2.75) is 6.54 Å². The number of urea groups is 1. The Morgan fingerprint density at radius 2 is 2.08 bits per heavy atom. The lowest BCUT2D eigenvalue weighted by molar-refractivity contribution is -0.384. The third kappa shape index (κ3) is 4.45. The summed E-state index contributed by atoms with van der Waals surface area (Å²) in [7, 11) is 3.20. The van der Waals surface area contributed by atoms with E-state index in [-0.39, 0.29) is 11.7 Å². The number of methoxy groups -OCH3 is 1. The summed E-state index contributed by atoms with van der Waals surface area (Å²) in [5.41, 5.74) is 1.12. The first kappa shape index (κ1) is 17.7. The molecule has 0 aliphatic heterocycles. The van der Waals surface area contributed by atoms with Gasteiger partial charge in [0.05, 0.1) is 18.6 Å². The Balaban J connectivity index is 2.09. The fraction of sp³-hybridized carbons (Fsp3) is 0.188. The highest BCUT2D eigenvalue weighted by Gasteiger charge is 2.14. The van der Waals surface area contributed by atoms with Crippen molar-refractivity contribution < 1.29 is 14.5 Å². The topological polar surface area (TPSA) is 84.7 Å². The number of carbonyl (C=O) groups is 1. The number of nitro benzene ring substituents is 1. The fourth-order valence-electron chi connectivity index (χ4n) is 2.11. The molecule has 0 saturated heterocycles. The molecule has 0 radical (unpaired) electrons. The Bertz CT molecular complexity index is 767. The summed E-state index contributed by atoms with van der Waals surface area (Å²) in [5.74, 6) is 0.674. The van der Waals surface area contributed by atoms with Gasteiger partial charge in [-0.3, -0.25) is 10.1 Å². The van der Waals surface area contributed by atoms with E-state index in [2.05, 4.69) is 21.2 Å². The summed E-state index contributed by atoms with van der Waals surface area (Å²) in [6.45, 7) is 0.323. The van der Waals surface area contributed by atoms with E-state index in [0.717, 1.165) is 10.0 Å². The van der Waals surface area contributed by atoms with Crippen molar-refractivity contribution in [2.24, 2.45) is 0 Å². The number of hydrogen-bond acceptors (Lipinski definition) is 4. The average Bonchev–Trinajstić information content (AvgIpc) is 2.55. The molecule has 24 heavy (non-hydrogen) atoms. The highest BCUT2D eigenvalue weighted by molar-refractivity contribution is 9.10. The van der Waals surface area contributed by atoms with Crippen molar-refractivity contribution in [3.63, 3.8) is 0 Å². The van der Waals surface area contributed by atoms with E-state index in [0.29, 0.717) is 18.0 Å². The van der Waals surface area contributed by atoms with Gasteiger partial charge >= 0.3 is 6.03 Å². The van der Waals surface area contributed by atoms with Crippen LogP contribution in [0.1, 0.15) is 5.56 Å². The van der Waals surface area contributed by atoms with Crippen molar-refractivity contribution >= 4 is 33.3 Å². The molecular weight excluding hydrogens is 378 g/mol. The number of benzene rings is 2. The zero-order valence-corrected chi connectivity index (χ0v) is 14.7. The highest BCUT2D eigenvalue weighted by atomic mass is 79.9. The monoisotopic (exact) mass is 393 g/mol. The summed E-state index contributed by atoms with van der Waals surface area (Å²) < 4.78 is 6.17. The molecule has 0 heterocycles. The molecule has 7 nitrogen and oxygen atoms in total. The number of hydrogen-bond donors (Lipinski definition) is 1. The predicted molar refractivity (Wildman–Crippen MR) is 94.3 cm³/mol. The smallest absolute Gasteiger partial charge is 0.321 e. The molecular formula is C16H16BrN3O4. The highest BCUT2D eigenvalue weighted by Crippen LogP contribution is 2.24. The number of anilines is 1. The van der Waals surface area contributed by atoms with Gasteiger partial charge in [-0.2, -0.15) is 0 Å². The number of carbonyl (C=O) groups excluding carboxylic acids is 1. The van der Waals surface area contributed by atoms with Crippen molar-refractivity contribution in [1.29, 1.82) is 0 Å². The van der Waals surface area contributed by atoms with Gasteiger partial charge in [-0.1, -0.05) is 22.0 Å². The molecule has 2 amide bonds. The van der Waals surface area contributed by atoms with Crippen LogP contribution >= 0.6 is 15.9 Å². The standard InChI is InChI=1S/C16H16BrN3O4/c1-19(10-11-8-12(17)6-7-15(11)24-2)16(21)18-13-4-3-5-14(9-13)20(22)23/h3-9H,10H2,1-2H3,(H,18,21). The molecule has 0 aromatic heterocycles. The third-order valence-corrected chi connectivity index (χ3v) is 3.80. The molecule has 0 aliphatic carbocycles. The lowest BCUT2D eigenvalue weighted by Gasteiger charge is -2.19. The second-order valence-corrected chi connectivity index (χ2v) is 5.97. The van der Waals surface area contributed by atoms with Crippen LogP contribution in [0.3, 0.4) is 0 Å². The molecule has 0 unspecified atom stereocenters. The zero-order chi connectivity index (χ0) is 17.7. The SMILES string of the molecule is COc1ccc(Br)cc1CN(C)C(=O)Nc1cccc([N+](=O)[O-])c1. The van der Waals surface area contributed by atoms with E-state index in [9.17, 15) is 14.9 Å². The van der Waals surface area contributed by atoms with Gasteiger partial charge in [-0.05, 0) is 24.3 Å². The quantitative estimate of drug-likeness (QED) is 0.613. The molecule has 0 bridgehead atoms. The number of rotatable bonds is 5. The molecule has 126 valence electrons. The molecule has 0 spiro atoms. The molecule has 0 aliphatic rings. The van der Waals surface area contributed by atoms with Gasteiger partial charge in [0.25, 0.3) is 5.69 Å². The lowest BCUT2D eigenvalue weighted by Crippen LogP contribution is -2.31. The summed E-state index contributed by atoms with van der Waals surface area (Å²) in [6, 6.07) is 10.9. The van der Waals surface area contributed by atoms with Gasteiger partial charge in [-0.25, -0.2) is 4.79 Å². The van der Waals surface area contributed by atoms with Crippen LogP contribution < -0.4 is 10.1 Å². The van der Waals surface area contributed by atoms with Crippen LogP contribution in [0.2, 0.25) is 0 Å². The van der Waals surface area contributed by atoms with E-state index < -0.39 is 4.92 Å². The molecule has 0 atom stereocenters. The fourth-order valence-corrected chi connectivity index (χ4v) is 2.52. The lowest BCUT2D eigenvalue weighted by atomic mass is 10.2. The van der Waals surface area contributed by atoms with E-state index in [4.69, 9.17) is 4.74 Å². The van der Waals surface area contributed by atoms with E-state index in [1.807, 2.05) is 18.2 Å². The Kier molecular flexibility index (Phi) is 5.75. The van der Waals surface area contributed by atoms with Crippen molar-refractivity contribution in [3.8, 4) is 5.75 Å². The summed E-state index contributed by atoms with van der Waals surface area (Å²) in [5, 5.41) is 13.4. The minimum Gasteiger partial charge on any atom is -0.496 e. The Labute approximate surface area is 147 Å². The Hall–Kier alpha value is -2.61. The minimum absolute atomic E-state index is 0.0795. The maximum atomic E-state index is 12.3. The van der Waals surface area contributed by atoms with Crippen LogP contribution in [-0.2, 0) is 6.54 Å². The maximum absolute atomic E-state index is 12.3. The Morgan fingerprint density at radius 3 is 2.75 bits per heavy atom. The normalized spacial score (nSPS) is 10.1. The number of nitrogens with zero attached hydrogens (tertiary/aromatic N) is 2. The predicted octanol–water partition coefficient (Wildman–Crippen LogP) is 4.03. The summed E-state index contributed by atoms with van der Waals surface area (Å²) in [4.78, 5) is 24.0. The number of halogens is 1. The first-order chi connectivity index (χ1) is 11.4. The van der Waals surface area contributed by atoms with Gasteiger partial charge in [0.1, 0.15) is 5.75 Å². The Morgan fingerprint density at radius 1 is 1.33 bits per heavy atom. The number of amides is 2. The molecule has 1 N–H and O–H groups in total. The van der Waals surface area contributed by atoms with E-state index in [1.165, 1.54) is 23.1 Å². The second kappa shape index (κ2) is 7.78. The van der Waals surface area contributed by atoms with Crippen molar-refractivity contribution in [3.05, 3.63) is 62.6 Å². The van der Waals surface area contributed by atoms with E-state index in [1.54, 1.807) is 20.2 Å². The maximum Gasteiger partial charge on any atom is 0.321 e. The first-order valence-electron chi connectivity index (χ1n) is 6.99. The number of nitro groups is 1. The second-order valence-electron chi connectivity index (χ2n) is 5.05. The third-order valence-electron chi connectivity index (χ3n) is 3.30. The molecule has 0 fully saturated rings. The van der Waals surface area contributed by atoms with Gasteiger partial charge in [0, 0.05) is 34.9 Å². The molecule has 2 aromatic carbocycles. The van der Waals surface area contributed by atoms with Crippen LogP contribution in [0.4, 0.5) is 16.2 Å². The minimum atomic E-state index is -0.508. The first-order valence-corrected chi connectivity index (χ1v) is 7.79. The molecule has 2 aromatic rings. The van der Waals surface area contributed by atoms with Gasteiger partial charge in [0.2, 0.25) is 0 Å². The van der Waals surface area contributed by atoms with Gasteiger partial charge in [0.15, 0.2) is 0 Å². The number of nitrogens with one attached hydrogen (secondary N) is 1. The zero-order valence-electron chi connectivity index (χ0n) is 13.2. The number of non-ortho nitro benzene ring substituents is 1. The van der Waals surface area contributed by atoms with Gasteiger partial charge in [-0.15, -0.1) is 0 Å². The summed E-state index contributed by atoms with van der Waals surface area (Å²) in [6.07, 6.45) is 0. The number of ether oxygens (including phenoxy) is 1. The van der Waals surface area contributed by atoms with Crippen LogP contribution in [0.15, 0.2) is 46.9 Å². The van der Waals surface area contributed by atoms with Crippen molar-refractivity contribution in [1.82, 2.24) is 4.90 Å². The van der Waals surface area contributed by atoms with Crippen LogP contribution in [0.25, 0.3) is 0 Å². The average molecular weight is 394 g/mol. The largest absolute Gasteiger partial charge is 0.496 e. The van der Waals surface area contributed by atoms with Crippen LogP contribution in [0, 0.1) is 10.1 Å².